The summed E-state index contributed by atoms with van der Waals surface area (Å²) in [4.78, 5) is 4.44. The number of benzene rings is 1. The van der Waals surface area contributed by atoms with Crippen molar-refractivity contribution in [2.75, 3.05) is 19.7 Å². The van der Waals surface area contributed by atoms with Crippen molar-refractivity contribution >= 4 is 42.8 Å². The summed E-state index contributed by atoms with van der Waals surface area (Å²) in [5.41, 5.74) is 0.876. The van der Waals surface area contributed by atoms with Crippen LogP contribution in [-0.2, 0) is 0 Å². The van der Waals surface area contributed by atoms with Crippen molar-refractivity contribution in [2.45, 2.75) is 20.3 Å². The fraction of sp³-hybridized carbons (Fsp3) is 0.438. The van der Waals surface area contributed by atoms with Gasteiger partial charge in [-0.05, 0) is 46.9 Å². The molecule has 0 aliphatic carbocycles. The third-order valence-corrected chi connectivity index (χ3v) is 4.42. The predicted octanol–water partition coefficient (Wildman–Crippen LogP) is 4.77. The molecule has 1 N–H and O–H groups in total. The van der Waals surface area contributed by atoms with Crippen molar-refractivity contribution in [3.8, 4) is 5.75 Å². The fourth-order valence-corrected chi connectivity index (χ4v) is 3.41. The Morgan fingerprint density at radius 1 is 1.24 bits per heavy atom. The maximum atomic E-state index is 5.92. The van der Waals surface area contributed by atoms with Crippen molar-refractivity contribution in [1.82, 2.24) is 10.3 Å². The normalized spacial score (nSPS) is 11.3. The number of fused-ring (bicyclic) bond motifs is 1. The molecule has 21 heavy (non-hydrogen) atoms. The lowest BCUT2D eigenvalue weighted by molar-refractivity contribution is 0.313. The Kier molecular flexibility index (Phi) is 6.45. The van der Waals surface area contributed by atoms with E-state index in [1.54, 1.807) is 6.20 Å². The van der Waals surface area contributed by atoms with Gasteiger partial charge in [-0.2, -0.15) is 0 Å². The van der Waals surface area contributed by atoms with E-state index in [0.29, 0.717) is 6.61 Å². The van der Waals surface area contributed by atoms with E-state index in [4.69, 9.17) is 4.74 Å². The number of halogens is 2. The van der Waals surface area contributed by atoms with E-state index in [1.807, 2.05) is 18.2 Å². The van der Waals surface area contributed by atoms with Gasteiger partial charge in [0, 0.05) is 22.6 Å². The molecule has 0 amide bonds. The summed E-state index contributed by atoms with van der Waals surface area (Å²) in [5, 5.41) is 4.45. The molecule has 1 aromatic carbocycles. The van der Waals surface area contributed by atoms with Crippen LogP contribution in [0.25, 0.3) is 10.9 Å². The van der Waals surface area contributed by atoms with Crippen LogP contribution in [0.15, 0.2) is 33.3 Å². The van der Waals surface area contributed by atoms with Crippen molar-refractivity contribution in [3.05, 3.63) is 33.3 Å². The largest absolute Gasteiger partial charge is 0.489 e. The molecule has 0 radical (unpaired) electrons. The van der Waals surface area contributed by atoms with Gasteiger partial charge in [0.15, 0.2) is 5.75 Å². The van der Waals surface area contributed by atoms with Crippen LogP contribution in [0.5, 0.6) is 5.75 Å². The second-order valence-corrected chi connectivity index (χ2v) is 7.06. The number of hydrogen-bond acceptors (Lipinski definition) is 3. The van der Waals surface area contributed by atoms with E-state index < -0.39 is 0 Å². The van der Waals surface area contributed by atoms with Crippen LogP contribution in [-0.4, -0.2) is 24.7 Å². The first-order valence-corrected chi connectivity index (χ1v) is 8.74. The van der Waals surface area contributed by atoms with Crippen LogP contribution in [0.3, 0.4) is 0 Å². The monoisotopic (exact) mass is 414 g/mol. The minimum absolute atomic E-state index is 0.629. The highest BCUT2D eigenvalue weighted by atomic mass is 79.9. The second kappa shape index (κ2) is 8.11. The van der Waals surface area contributed by atoms with Gasteiger partial charge in [-0.15, -0.1) is 0 Å². The number of pyridine rings is 1. The second-order valence-electron chi connectivity index (χ2n) is 5.35. The summed E-state index contributed by atoms with van der Waals surface area (Å²) in [6.45, 7) is 6.96. The fourth-order valence-electron chi connectivity index (χ4n) is 2.02. The Bertz CT molecular complexity index is 602. The highest BCUT2D eigenvalue weighted by molar-refractivity contribution is 9.11. The molecule has 1 aromatic heterocycles. The van der Waals surface area contributed by atoms with Gasteiger partial charge >= 0.3 is 0 Å². The van der Waals surface area contributed by atoms with Crippen LogP contribution in [0.1, 0.15) is 20.3 Å². The van der Waals surface area contributed by atoms with Crippen LogP contribution < -0.4 is 10.1 Å². The lowest BCUT2D eigenvalue weighted by atomic mass is 10.1. The van der Waals surface area contributed by atoms with Crippen molar-refractivity contribution in [3.63, 3.8) is 0 Å². The van der Waals surface area contributed by atoms with Gasteiger partial charge in [0.2, 0.25) is 0 Å². The summed E-state index contributed by atoms with van der Waals surface area (Å²) in [7, 11) is 0. The van der Waals surface area contributed by atoms with Gasteiger partial charge in [-0.25, -0.2) is 0 Å². The van der Waals surface area contributed by atoms with Gasteiger partial charge in [0.1, 0.15) is 12.1 Å². The zero-order chi connectivity index (χ0) is 15.2. The van der Waals surface area contributed by atoms with E-state index in [2.05, 4.69) is 56.0 Å². The molecule has 5 heteroatoms. The summed E-state index contributed by atoms with van der Waals surface area (Å²) in [6.07, 6.45) is 2.97. The zero-order valence-electron chi connectivity index (χ0n) is 12.3. The van der Waals surface area contributed by atoms with Crippen molar-refractivity contribution in [1.29, 1.82) is 0 Å². The van der Waals surface area contributed by atoms with Gasteiger partial charge in [0.05, 0.1) is 4.47 Å². The predicted molar refractivity (Wildman–Crippen MR) is 95.0 cm³/mol. The molecule has 0 saturated heterocycles. The van der Waals surface area contributed by atoms with Crippen LogP contribution in [0.4, 0.5) is 0 Å². The maximum absolute atomic E-state index is 5.92. The number of hydrogen-bond donors (Lipinski definition) is 1. The highest BCUT2D eigenvalue weighted by Gasteiger charge is 2.11. The summed E-state index contributed by atoms with van der Waals surface area (Å²) < 4.78 is 7.85. The Labute approximate surface area is 142 Å². The van der Waals surface area contributed by atoms with Crippen LogP contribution in [0.2, 0.25) is 0 Å². The number of nitrogens with one attached hydrogen (secondary N) is 1. The minimum Gasteiger partial charge on any atom is -0.489 e. The molecule has 2 aromatic rings. The molecule has 1 heterocycles. The van der Waals surface area contributed by atoms with Gasteiger partial charge in [-0.1, -0.05) is 35.8 Å². The first kappa shape index (κ1) is 16.7. The molecule has 0 fully saturated rings. The number of nitrogens with zero attached hydrogens (tertiary/aromatic N) is 1. The van der Waals surface area contributed by atoms with Crippen molar-refractivity contribution < 1.29 is 4.74 Å². The Balaban J connectivity index is 1.99. The molecule has 0 bridgehead atoms. The van der Waals surface area contributed by atoms with Crippen molar-refractivity contribution in [2.24, 2.45) is 5.92 Å². The van der Waals surface area contributed by atoms with Crippen LogP contribution >= 0.6 is 31.9 Å². The molecule has 3 nitrogen and oxygen atoms in total. The first-order valence-electron chi connectivity index (χ1n) is 7.16. The first-order chi connectivity index (χ1) is 10.1. The Morgan fingerprint density at radius 3 is 2.81 bits per heavy atom. The number of aromatic nitrogens is 1. The van der Waals surface area contributed by atoms with E-state index in [-0.39, 0.29) is 0 Å². The SMILES string of the molecule is CC(C)CCNCCOc1c(Br)cc(Br)c2cccnc12. The average molecular weight is 416 g/mol. The number of rotatable bonds is 7. The Morgan fingerprint density at radius 2 is 2.05 bits per heavy atom. The maximum Gasteiger partial charge on any atom is 0.159 e. The topological polar surface area (TPSA) is 34.1 Å². The third-order valence-electron chi connectivity index (χ3n) is 3.17. The van der Waals surface area contributed by atoms with E-state index in [1.165, 1.54) is 6.42 Å². The molecule has 0 spiro atoms. The Hall–Kier alpha value is -0.650. The van der Waals surface area contributed by atoms with E-state index in [9.17, 15) is 0 Å². The van der Waals surface area contributed by atoms with Gasteiger partial charge < -0.3 is 10.1 Å². The lowest BCUT2D eigenvalue weighted by Crippen LogP contribution is -2.23. The van der Waals surface area contributed by atoms with Gasteiger partial charge in [0.25, 0.3) is 0 Å². The molecule has 0 atom stereocenters. The zero-order valence-corrected chi connectivity index (χ0v) is 15.5. The summed E-state index contributed by atoms with van der Waals surface area (Å²) >= 11 is 7.11. The standard InChI is InChI=1S/C16H20Br2N2O/c1-11(2)5-7-19-8-9-21-16-14(18)10-13(17)12-4-3-6-20-15(12)16/h3-4,6,10-11,19H,5,7-9H2,1-2H3. The molecular formula is C16H20Br2N2O. The molecule has 0 aliphatic rings. The third kappa shape index (κ3) is 4.66. The molecule has 0 aliphatic heterocycles. The number of ether oxygens (including phenoxy) is 1. The molecule has 0 unspecified atom stereocenters. The smallest absolute Gasteiger partial charge is 0.159 e. The summed E-state index contributed by atoms with van der Waals surface area (Å²) in [5.74, 6) is 1.53. The molecule has 2 rings (SSSR count). The van der Waals surface area contributed by atoms with Crippen LogP contribution in [0, 0.1) is 5.92 Å². The van der Waals surface area contributed by atoms with Gasteiger partial charge in [-0.3, -0.25) is 4.98 Å². The van der Waals surface area contributed by atoms with E-state index in [0.717, 1.165) is 44.6 Å². The van der Waals surface area contributed by atoms with E-state index >= 15 is 0 Å². The lowest BCUT2D eigenvalue weighted by Gasteiger charge is -2.12. The quantitative estimate of drug-likeness (QED) is 0.661. The molecule has 0 saturated carbocycles. The summed E-state index contributed by atoms with van der Waals surface area (Å²) in [6, 6.07) is 5.97. The average Bonchev–Trinajstić information content (AvgIpc) is 2.45. The highest BCUT2D eigenvalue weighted by Crippen LogP contribution is 2.37. The minimum atomic E-state index is 0.629. The molecule has 114 valence electrons. The molecular weight excluding hydrogens is 396 g/mol.